The summed E-state index contributed by atoms with van der Waals surface area (Å²) in [5.74, 6) is 0. The second-order valence-corrected chi connectivity index (χ2v) is 2.85. The van der Waals surface area contributed by atoms with Gasteiger partial charge in [0.05, 0.1) is 0 Å². The van der Waals surface area contributed by atoms with Crippen molar-refractivity contribution in [3.05, 3.63) is 52.9 Å². The fourth-order valence-electron chi connectivity index (χ4n) is 0.780. The van der Waals surface area contributed by atoms with Crippen LogP contribution in [-0.4, -0.2) is 17.6 Å². The Morgan fingerprint density at radius 2 is 1.45 bits per heavy atom. The van der Waals surface area contributed by atoms with Gasteiger partial charge in [0.15, 0.2) is 0 Å². The monoisotopic (exact) mass is 537 g/mol. The molecule has 0 unspecified atom stereocenters. The summed E-state index contributed by atoms with van der Waals surface area (Å²) < 4.78 is 39.0. The Morgan fingerprint density at radius 3 is 1.90 bits per heavy atom. The largest absolute Gasteiger partial charge is 0.673 e. The van der Waals surface area contributed by atoms with Crippen LogP contribution in [0.25, 0.3) is 11.0 Å². The van der Waals surface area contributed by atoms with E-state index in [-0.39, 0.29) is 60.8 Å². The number of nitrogens with zero attached hydrogens (tertiary/aromatic N) is 3. The van der Waals surface area contributed by atoms with Gasteiger partial charge in [-0.05, 0) is 23.2 Å². The van der Waals surface area contributed by atoms with Crippen molar-refractivity contribution >= 4 is 29.9 Å². The summed E-state index contributed by atoms with van der Waals surface area (Å²) in [6.07, 6.45) is 0. The number of fused-ring (bicyclic) bond motifs is 1. The van der Waals surface area contributed by atoms with Crippen LogP contribution in [0.3, 0.4) is 0 Å². The molecule has 0 aliphatic carbocycles. The van der Waals surface area contributed by atoms with E-state index in [0.29, 0.717) is 5.02 Å². The van der Waals surface area contributed by atoms with E-state index in [1.807, 2.05) is 0 Å². The number of rotatable bonds is 0. The first-order valence-corrected chi connectivity index (χ1v) is 4.03. The summed E-state index contributed by atoms with van der Waals surface area (Å²) in [5, 5.41) is 11.6. The summed E-state index contributed by atoms with van der Waals surface area (Å²) in [6.45, 7) is 0. The second kappa shape index (κ2) is 13.7. The van der Waals surface area contributed by atoms with Crippen molar-refractivity contribution in [3.63, 3.8) is 0 Å². The third kappa shape index (κ3) is 14.2. The molecule has 0 aliphatic rings. The molecule has 1 aromatic heterocycles. The van der Waals surface area contributed by atoms with Crippen molar-refractivity contribution in [2.24, 2.45) is 0 Å². The van der Waals surface area contributed by atoms with Gasteiger partial charge in [0.1, 0.15) is 0 Å². The third-order valence-electron chi connectivity index (χ3n) is 1.24. The molecule has 1 aromatic carbocycles. The van der Waals surface area contributed by atoms with Crippen molar-refractivity contribution in [1.82, 2.24) is 15.4 Å². The molecular weight excluding hydrogens is 522 g/mol. The second-order valence-electron chi connectivity index (χ2n) is 2.42. The number of benzene rings is 1. The third-order valence-corrected chi connectivity index (χ3v) is 1.48. The molecule has 1 heterocycles. The fourth-order valence-corrected chi connectivity index (χ4v) is 0.946. The van der Waals surface area contributed by atoms with Crippen molar-refractivity contribution in [3.8, 4) is 0 Å². The van der Waals surface area contributed by atoms with Gasteiger partial charge in [0, 0.05) is 36.1 Å². The quantitative estimate of drug-likeness (QED) is 0.285. The zero-order valence-corrected chi connectivity index (χ0v) is 16.5. The average molecular weight is 538 g/mol. The van der Waals surface area contributed by atoms with Gasteiger partial charge in [-0.3, -0.25) is 5.21 Å². The zero-order chi connectivity index (χ0) is 11.5. The first-order chi connectivity index (χ1) is 6.86. The maximum absolute atomic E-state index is 9.75. The Labute approximate surface area is 146 Å². The molecule has 3 nitrogen and oxygen atoms in total. The summed E-state index contributed by atoms with van der Waals surface area (Å²) in [7, 11) is -6.00. The van der Waals surface area contributed by atoms with E-state index in [4.69, 9.17) is 11.6 Å². The normalized spacial score (nSPS) is 8.25. The van der Waals surface area contributed by atoms with Gasteiger partial charge in [0.25, 0.3) is 0 Å². The Morgan fingerprint density at radius 1 is 1.00 bits per heavy atom. The van der Waals surface area contributed by atoms with Crippen LogP contribution >= 0.6 is 11.6 Å². The molecule has 0 aliphatic heterocycles. The van der Waals surface area contributed by atoms with Gasteiger partial charge in [-0.2, -0.15) is 0 Å². The van der Waals surface area contributed by atoms with Crippen LogP contribution in [-0.2, 0) is 0 Å². The van der Waals surface area contributed by atoms with Gasteiger partial charge < -0.3 is 57.2 Å². The Balaban J connectivity index is -0.0000000683. The standard InChI is InChI=1S/C6H3ClN3.4CH3.BF4.U/c7-4-1-2-5-6(3-4)9-10-8-5;;;;;2-1(3,4)5;/h1-3H;4*1H3;;/q6*-1;. The van der Waals surface area contributed by atoms with Crippen LogP contribution in [0.2, 0.25) is 5.02 Å². The van der Waals surface area contributed by atoms with Gasteiger partial charge in [0.2, 0.25) is 0 Å². The maximum Gasteiger partial charge on any atom is 0.673 e. The molecule has 0 N–H and O–H groups in total. The molecule has 0 spiro atoms. The van der Waals surface area contributed by atoms with E-state index < -0.39 is 7.25 Å². The number of halogens is 5. The topological polar surface area (TPSA) is 39.9 Å². The van der Waals surface area contributed by atoms with Crippen molar-refractivity contribution in [2.45, 2.75) is 0 Å². The smallest absolute Gasteiger partial charge is 0.418 e. The first kappa shape index (κ1) is 31.9. The maximum atomic E-state index is 9.75. The Hall–Kier alpha value is -0.253. The van der Waals surface area contributed by atoms with Crippen LogP contribution in [0.4, 0.5) is 17.3 Å². The van der Waals surface area contributed by atoms with E-state index in [0.717, 1.165) is 11.0 Å². The summed E-state index contributed by atoms with van der Waals surface area (Å²) in [5.41, 5.74) is 1.52. The van der Waals surface area contributed by atoms with Crippen molar-refractivity contribution in [2.75, 3.05) is 0 Å². The summed E-state index contributed by atoms with van der Waals surface area (Å²) >= 11 is 5.68. The molecule has 2 aromatic rings. The van der Waals surface area contributed by atoms with Crippen LogP contribution in [0.5, 0.6) is 0 Å². The zero-order valence-electron chi connectivity index (χ0n) is 11.5. The first-order valence-electron chi connectivity index (χ1n) is 3.65. The molecule has 20 heavy (non-hydrogen) atoms. The number of hydrogen-bond acceptors (Lipinski definition) is 2. The molecule has 118 valence electrons. The van der Waals surface area contributed by atoms with Gasteiger partial charge in [-0.15, -0.1) is 0 Å². The molecule has 0 saturated heterocycles. The Bertz CT molecular complexity index is 447. The van der Waals surface area contributed by atoms with Gasteiger partial charge >= 0.3 is 7.25 Å². The molecule has 0 bridgehead atoms. The van der Waals surface area contributed by atoms with Gasteiger partial charge in [-0.1, -0.05) is 17.7 Å². The molecule has 0 amide bonds. The molecular formula is C10H15BClF4N3U-6. The van der Waals surface area contributed by atoms with E-state index in [1.165, 1.54) is 0 Å². The van der Waals surface area contributed by atoms with Crippen molar-refractivity contribution < 1.29 is 48.4 Å². The predicted octanol–water partition coefficient (Wildman–Crippen LogP) is 4.34. The molecule has 0 radical (unpaired) electrons. The van der Waals surface area contributed by atoms with Crippen LogP contribution < -0.4 is 5.10 Å². The van der Waals surface area contributed by atoms with Gasteiger partial charge in [-0.25, -0.2) is 0 Å². The van der Waals surface area contributed by atoms with E-state index >= 15 is 0 Å². The van der Waals surface area contributed by atoms with E-state index in [2.05, 4.69) is 15.4 Å². The molecule has 10 heteroatoms. The average Bonchev–Trinajstić information content (AvgIpc) is 2.47. The SMILES string of the molecule is Clc1ccc2nn[n-]c2c1.F[B-](F)(F)F.[CH3-].[CH3-].[CH3-].[CH3-].[U]. The Kier molecular flexibility index (Phi) is 21.9. The minimum atomic E-state index is -6.00. The number of hydrogen-bond donors (Lipinski definition) is 0. The minimum absolute atomic E-state index is 0. The molecule has 2 rings (SSSR count). The fraction of sp³-hybridized carbons (Fsp3) is 0. The molecule has 0 atom stereocenters. The molecule has 0 saturated carbocycles. The summed E-state index contributed by atoms with van der Waals surface area (Å²) in [6, 6.07) is 5.29. The minimum Gasteiger partial charge on any atom is -0.418 e. The predicted molar refractivity (Wildman–Crippen MR) is 73.7 cm³/mol. The van der Waals surface area contributed by atoms with E-state index in [9.17, 15) is 17.3 Å². The van der Waals surface area contributed by atoms with Crippen molar-refractivity contribution in [1.29, 1.82) is 0 Å². The molecule has 0 fully saturated rings. The number of aromatic nitrogens is 3. The van der Waals surface area contributed by atoms with Crippen LogP contribution in [0.1, 0.15) is 0 Å². The van der Waals surface area contributed by atoms with E-state index in [1.54, 1.807) is 18.2 Å². The van der Waals surface area contributed by atoms with Crippen LogP contribution in [0.15, 0.2) is 18.2 Å². The summed E-state index contributed by atoms with van der Waals surface area (Å²) in [4.78, 5) is 0. The van der Waals surface area contributed by atoms with Crippen LogP contribution in [0, 0.1) is 60.8 Å².